The van der Waals surface area contributed by atoms with Crippen LogP contribution in [-0.2, 0) is 9.47 Å². The van der Waals surface area contributed by atoms with Gasteiger partial charge in [0.25, 0.3) is 0 Å². The van der Waals surface area contributed by atoms with Gasteiger partial charge in [-0.15, -0.1) is 0 Å². The van der Waals surface area contributed by atoms with E-state index in [0.29, 0.717) is 0 Å². The smallest absolute Gasteiger partial charge is 0.186 e. The predicted octanol–water partition coefficient (Wildman–Crippen LogP) is -1.15. The van der Waals surface area contributed by atoms with Gasteiger partial charge in [-0.25, -0.2) is 0 Å². The summed E-state index contributed by atoms with van der Waals surface area (Å²) in [5.41, 5.74) is 0. The number of hydrogen-bond acceptors (Lipinski definition) is 5. The summed E-state index contributed by atoms with van der Waals surface area (Å²) >= 11 is 0. The van der Waals surface area contributed by atoms with Gasteiger partial charge in [0.15, 0.2) is 6.29 Å². The second-order valence-electron chi connectivity index (χ2n) is 3.39. The fourth-order valence-corrected chi connectivity index (χ4v) is 1.25. The average Bonchev–Trinajstić information content (AvgIpc) is 2.32. The van der Waals surface area contributed by atoms with Crippen molar-refractivity contribution in [1.82, 2.24) is 0 Å². The van der Waals surface area contributed by atoms with Gasteiger partial charge < -0.3 is 24.8 Å². The van der Waals surface area contributed by atoms with Crippen molar-refractivity contribution < 1.29 is 24.8 Å². The second kappa shape index (κ2) is 4.34. The summed E-state index contributed by atoms with van der Waals surface area (Å²) in [6.45, 7) is 3.28. The first-order chi connectivity index (χ1) is 6.06. The normalized spacial score (nSPS) is 40.2. The molecule has 0 aliphatic carbocycles. The molecule has 1 fully saturated rings. The summed E-state index contributed by atoms with van der Waals surface area (Å²) in [5, 5.41) is 27.5. The van der Waals surface area contributed by atoms with Crippen LogP contribution in [0, 0.1) is 0 Å². The minimum Gasteiger partial charge on any atom is -0.394 e. The van der Waals surface area contributed by atoms with Crippen LogP contribution in [0.5, 0.6) is 0 Å². The van der Waals surface area contributed by atoms with Crippen LogP contribution in [0.2, 0.25) is 0 Å². The lowest BCUT2D eigenvalue weighted by atomic mass is 10.1. The Morgan fingerprint density at radius 1 is 1.31 bits per heavy atom. The second-order valence-corrected chi connectivity index (χ2v) is 3.39. The number of rotatable bonds is 3. The predicted molar refractivity (Wildman–Crippen MR) is 44.0 cm³/mol. The highest BCUT2D eigenvalue weighted by Gasteiger charge is 2.43. The zero-order chi connectivity index (χ0) is 10.0. The quantitative estimate of drug-likeness (QED) is 0.526. The Morgan fingerprint density at radius 3 is 2.31 bits per heavy atom. The summed E-state index contributed by atoms with van der Waals surface area (Å²) in [6, 6.07) is 0. The summed E-state index contributed by atoms with van der Waals surface area (Å²) in [7, 11) is 0. The maximum absolute atomic E-state index is 9.40. The molecule has 1 aliphatic heterocycles. The Bertz CT molecular complexity index is 161. The SMILES string of the molecule is CC(C)O[C@H]1O[C@H](CO)[C@@H](O)[C@H]1O. The van der Waals surface area contributed by atoms with Gasteiger partial charge >= 0.3 is 0 Å². The number of hydrogen-bond donors (Lipinski definition) is 3. The van der Waals surface area contributed by atoms with Crippen molar-refractivity contribution in [1.29, 1.82) is 0 Å². The molecule has 0 aromatic rings. The van der Waals surface area contributed by atoms with E-state index in [2.05, 4.69) is 0 Å². The lowest BCUT2D eigenvalue weighted by Gasteiger charge is -2.17. The third-order valence-electron chi connectivity index (χ3n) is 1.90. The molecular weight excluding hydrogens is 176 g/mol. The number of aliphatic hydroxyl groups excluding tert-OH is 3. The van der Waals surface area contributed by atoms with Gasteiger partial charge in [0, 0.05) is 0 Å². The van der Waals surface area contributed by atoms with E-state index in [4.69, 9.17) is 14.6 Å². The van der Waals surface area contributed by atoms with Crippen LogP contribution in [0.15, 0.2) is 0 Å². The molecule has 4 atom stereocenters. The van der Waals surface area contributed by atoms with Crippen LogP contribution in [0.25, 0.3) is 0 Å². The molecular formula is C8H16O5. The molecule has 0 aromatic carbocycles. The highest BCUT2D eigenvalue weighted by molar-refractivity contribution is 4.86. The van der Waals surface area contributed by atoms with E-state index in [-0.39, 0.29) is 12.7 Å². The molecule has 0 saturated carbocycles. The van der Waals surface area contributed by atoms with Crippen LogP contribution in [-0.4, -0.2) is 52.6 Å². The van der Waals surface area contributed by atoms with E-state index in [1.807, 2.05) is 0 Å². The molecule has 3 N–H and O–H groups in total. The van der Waals surface area contributed by atoms with Crippen molar-refractivity contribution in [3.63, 3.8) is 0 Å². The molecule has 0 aromatic heterocycles. The topological polar surface area (TPSA) is 79.2 Å². The van der Waals surface area contributed by atoms with Crippen molar-refractivity contribution >= 4 is 0 Å². The molecule has 0 bridgehead atoms. The summed E-state index contributed by atoms with van der Waals surface area (Å²) in [6.07, 6.45) is -3.84. The van der Waals surface area contributed by atoms with Crippen LogP contribution < -0.4 is 0 Å². The molecule has 1 saturated heterocycles. The van der Waals surface area contributed by atoms with Crippen LogP contribution in [0.1, 0.15) is 13.8 Å². The average molecular weight is 192 g/mol. The Kier molecular flexibility index (Phi) is 3.63. The summed E-state index contributed by atoms with van der Waals surface area (Å²) in [5.74, 6) is 0. The monoisotopic (exact) mass is 192 g/mol. The van der Waals surface area contributed by atoms with Gasteiger partial charge in [-0.2, -0.15) is 0 Å². The highest BCUT2D eigenvalue weighted by Crippen LogP contribution is 2.22. The zero-order valence-electron chi connectivity index (χ0n) is 7.75. The highest BCUT2D eigenvalue weighted by atomic mass is 16.7. The van der Waals surface area contributed by atoms with E-state index in [0.717, 1.165) is 0 Å². The van der Waals surface area contributed by atoms with E-state index in [1.165, 1.54) is 0 Å². The van der Waals surface area contributed by atoms with Gasteiger partial charge in [0.05, 0.1) is 12.7 Å². The summed E-state index contributed by atoms with van der Waals surface area (Å²) in [4.78, 5) is 0. The minimum atomic E-state index is -1.08. The van der Waals surface area contributed by atoms with Gasteiger partial charge in [-0.05, 0) is 13.8 Å². The number of aliphatic hydroxyl groups is 3. The Morgan fingerprint density at radius 2 is 1.92 bits per heavy atom. The Hall–Kier alpha value is -0.200. The van der Waals surface area contributed by atoms with Gasteiger partial charge in [0.1, 0.15) is 18.3 Å². The van der Waals surface area contributed by atoms with Crippen LogP contribution >= 0.6 is 0 Å². The molecule has 1 heterocycles. The Balaban J connectivity index is 2.50. The first-order valence-electron chi connectivity index (χ1n) is 4.34. The van der Waals surface area contributed by atoms with Crippen LogP contribution in [0.3, 0.4) is 0 Å². The van der Waals surface area contributed by atoms with E-state index >= 15 is 0 Å². The number of ether oxygens (including phenoxy) is 2. The fourth-order valence-electron chi connectivity index (χ4n) is 1.25. The molecule has 78 valence electrons. The molecule has 0 radical (unpaired) electrons. The molecule has 5 heteroatoms. The first kappa shape index (κ1) is 10.9. The third kappa shape index (κ3) is 2.38. The third-order valence-corrected chi connectivity index (χ3v) is 1.90. The zero-order valence-corrected chi connectivity index (χ0v) is 7.75. The van der Waals surface area contributed by atoms with Crippen LogP contribution in [0.4, 0.5) is 0 Å². The van der Waals surface area contributed by atoms with Crippen molar-refractivity contribution in [2.24, 2.45) is 0 Å². The molecule has 13 heavy (non-hydrogen) atoms. The minimum absolute atomic E-state index is 0.0932. The fraction of sp³-hybridized carbons (Fsp3) is 1.00. The van der Waals surface area contributed by atoms with Gasteiger partial charge in [-0.3, -0.25) is 0 Å². The van der Waals surface area contributed by atoms with E-state index in [1.54, 1.807) is 13.8 Å². The van der Waals surface area contributed by atoms with Crippen molar-refractivity contribution in [2.45, 2.75) is 44.6 Å². The molecule has 5 nitrogen and oxygen atoms in total. The van der Waals surface area contributed by atoms with Crippen molar-refractivity contribution in [3.05, 3.63) is 0 Å². The first-order valence-corrected chi connectivity index (χ1v) is 4.34. The molecule has 1 aliphatic rings. The molecule has 0 unspecified atom stereocenters. The maximum Gasteiger partial charge on any atom is 0.186 e. The van der Waals surface area contributed by atoms with Crippen molar-refractivity contribution in [2.75, 3.05) is 6.61 Å². The largest absolute Gasteiger partial charge is 0.394 e. The van der Waals surface area contributed by atoms with Gasteiger partial charge in [-0.1, -0.05) is 0 Å². The van der Waals surface area contributed by atoms with E-state index in [9.17, 15) is 10.2 Å². The Labute approximate surface area is 76.9 Å². The molecule has 0 amide bonds. The summed E-state index contributed by atoms with van der Waals surface area (Å²) < 4.78 is 10.3. The standard InChI is InChI=1S/C8H16O5/c1-4(2)12-8-7(11)6(10)5(3-9)13-8/h4-11H,3H2,1-2H3/t5-,6-,7-,8+/m1/s1. The lowest BCUT2D eigenvalue weighted by Crippen LogP contribution is -2.35. The van der Waals surface area contributed by atoms with E-state index < -0.39 is 24.6 Å². The van der Waals surface area contributed by atoms with Gasteiger partial charge in [0.2, 0.25) is 0 Å². The molecule has 1 rings (SSSR count). The maximum atomic E-state index is 9.40. The lowest BCUT2D eigenvalue weighted by molar-refractivity contribution is -0.186. The van der Waals surface area contributed by atoms with Crippen molar-refractivity contribution in [3.8, 4) is 0 Å². The molecule has 0 spiro atoms.